The highest BCUT2D eigenvalue weighted by Gasteiger charge is 2.37. The molecule has 0 bridgehead atoms. The van der Waals surface area contributed by atoms with Crippen LogP contribution in [0.5, 0.6) is 0 Å². The zero-order valence-corrected chi connectivity index (χ0v) is 12.8. The minimum atomic E-state index is 0.795. The molecule has 0 amide bonds. The Labute approximate surface area is 123 Å². The summed E-state index contributed by atoms with van der Waals surface area (Å²) in [6.45, 7) is 3.38. The molecule has 2 heterocycles. The lowest BCUT2D eigenvalue weighted by molar-refractivity contribution is 0.138. The maximum absolute atomic E-state index is 3.89. The van der Waals surface area contributed by atoms with E-state index in [1.54, 1.807) is 0 Å². The van der Waals surface area contributed by atoms with Gasteiger partial charge in [-0.3, -0.25) is 0 Å². The molecule has 4 N–H and O–H groups in total. The normalized spacial score (nSPS) is 40.8. The third-order valence-corrected chi connectivity index (χ3v) is 5.35. The van der Waals surface area contributed by atoms with E-state index in [2.05, 4.69) is 21.3 Å². The van der Waals surface area contributed by atoms with E-state index in [-0.39, 0.29) is 0 Å². The number of piperazine rings is 1. The van der Waals surface area contributed by atoms with Crippen molar-refractivity contribution in [2.75, 3.05) is 19.8 Å². The smallest absolute Gasteiger partial charge is 0.0454 e. The Hall–Kier alpha value is -0.160. The summed E-state index contributed by atoms with van der Waals surface area (Å²) in [5.74, 6) is 0. The molecule has 4 unspecified atom stereocenters. The third kappa shape index (κ3) is 3.94. The molecule has 116 valence electrons. The lowest BCUT2D eigenvalue weighted by Crippen LogP contribution is -2.67. The highest BCUT2D eigenvalue weighted by molar-refractivity contribution is 5.00. The topological polar surface area (TPSA) is 48.1 Å². The Bertz CT molecular complexity index is 226. The van der Waals surface area contributed by atoms with Gasteiger partial charge in [0.25, 0.3) is 0 Å². The zero-order chi connectivity index (χ0) is 13.6. The minimum absolute atomic E-state index is 0.795. The minimum Gasteiger partial charge on any atom is -0.308 e. The molecule has 2 saturated carbocycles. The van der Waals surface area contributed by atoms with Gasteiger partial charge in [-0.1, -0.05) is 25.7 Å². The molecule has 4 rings (SSSR count). The van der Waals surface area contributed by atoms with Crippen LogP contribution in [0.4, 0.5) is 0 Å². The maximum atomic E-state index is 3.89. The molecule has 0 radical (unpaired) electrons. The molecular weight excluding hydrogens is 248 g/mol. The molecule has 4 aliphatic rings. The fourth-order valence-electron chi connectivity index (χ4n) is 4.21. The second-order valence-corrected chi connectivity index (χ2v) is 6.86. The molecule has 2 aliphatic carbocycles. The van der Waals surface area contributed by atoms with Crippen molar-refractivity contribution in [3.05, 3.63) is 0 Å². The Morgan fingerprint density at radius 1 is 0.500 bits per heavy atom. The van der Waals surface area contributed by atoms with Crippen LogP contribution < -0.4 is 21.3 Å². The van der Waals surface area contributed by atoms with E-state index >= 15 is 0 Å². The molecule has 0 aromatic carbocycles. The summed E-state index contributed by atoms with van der Waals surface area (Å²) < 4.78 is 0. The quantitative estimate of drug-likeness (QED) is 0.541. The number of rotatable bonds is 0. The van der Waals surface area contributed by atoms with Gasteiger partial charge in [0, 0.05) is 30.8 Å². The standard InChI is InChI=1S/C12H22N2.C4H10N2/c1-2-6-10-9(5-1)13-11-7-3-4-8-12(11)14-10;1-2-5-4-6-3-1/h9-14H,1-8H2;5-6H,1-4H2. The zero-order valence-electron chi connectivity index (χ0n) is 12.8. The Morgan fingerprint density at radius 3 is 1.15 bits per heavy atom. The molecule has 4 heteroatoms. The van der Waals surface area contributed by atoms with Crippen molar-refractivity contribution < 1.29 is 0 Å². The van der Waals surface area contributed by atoms with Crippen LogP contribution in [0.2, 0.25) is 0 Å². The van der Waals surface area contributed by atoms with Crippen molar-refractivity contribution >= 4 is 0 Å². The van der Waals surface area contributed by atoms with E-state index in [0.717, 1.165) is 30.8 Å². The first-order valence-corrected chi connectivity index (χ1v) is 8.87. The molecule has 4 fully saturated rings. The number of fused-ring (bicyclic) bond motifs is 2. The largest absolute Gasteiger partial charge is 0.308 e. The van der Waals surface area contributed by atoms with Crippen molar-refractivity contribution in [3.63, 3.8) is 0 Å². The van der Waals surface area contributed by atoms with Gasteiger partial charge in [-0.2, -0.15) is 0 Å². The fraction of sp³-hybridized carbons (Fsp3) is 1.00. The van der Waals surface area contributed by atoms with E-state index < -0.39 is 0 Å². The van der Waals surface area contributed by atoms with Crippen molar-refractivity contribution in [3.8, 4) is 0 Å². The van der Waals surface area contributed by atoms with E-state index in [4.69, 9.17) is 0 Å². The maximum Gasteiger partial charge on any atom is 0.0454 e. The molecule has 0 spiro atoms. The van der Waals surface area contributed by atoms with Crippen LogP contribution in [0.15, 0.2) is 0 Å². The molecule has 0 aromatic heterocycles. The number of hydrogen-bond donors (Lipinski definition) is 4. The fourth-order valence-corrected chi connectivity index (χ4v) is 4.21. The van der Waals surface area contributed by atoms with Gasteiger partial charge in [0.2, 0.25) is 0 Å². The molecule has 4 nitrogen and oxygen atoms in total. The van der Waals surface area contributed by atoms with Crippen LogP contribution >= 0.6 is 0 Å². The average molecular weight is 280 g/mol. The lowest BCUT2D eigenvalue weighted by atomic mass is 9.81. The average Bonchev–Trinajstić information content (AvgIpc) is 2.55. The number of hydrogen-bond acceptors (Lipinski definition) is 4. The third-order valence-electron chi connectivity index (χ3n) is 5.35. The molecule has 20 heavy (non-hydrogen) atoms. The molecule has 2 aliphatic heterocycles. The van der Waals surface area contributed by atoms with Gasteiger partial charge in [0.15, 0.2) is 0 Å². The lowest BCUT2D eigenvalue weighted by Gasteiger charge is -2.47. The van der Waals surface area contributed by atoms with Gasteiger partial charge in [0.05, 0.1) is 0 Å². The second-order valence-electron chi connectivity index (χ2n) is 6.86. The van der Waals surface area contributed by atoms with Gasteiger partial charge in [-0.15, -0.1) is 0 Å². The first-order valence-electron chi connectivity index (χ1n) is 8.87. The first-order chi connectivity index (χ1) is 9.93. The van der Waals surface area contributed by atoms with Crippen LogP contribution in [0.3, 0.4) is 0 Å². The summed E-state index contributed by atoms with van der Waals surface area (Å²) in [4.78, 5) is 0. The molecule has 2 saturated heterocycles. The van der Waals surface area contributed by atoms with E-state index in [1.165, 1.54) is 70.9 Å². The SMILES string of the molecule is C1CCC2NC3CCCCC3NC2C1.C1CNCNC1. The highest BCUT2D eigenvalue weighted by Crippen LogP contribution is 2.28. The van der Waals surface area contributed by atoms with Gasteiger partial charge >= 0.3 is 0 Å². The summed E-state index contributed by atoms with van der Waals surface area (Å²) in [6, 6.07) is 3.18. The monoisotopic (exact) mass is 280 g/mol. The van der Waals surface area contributed by atoms with E-state index in [0.29, 0.717) is 0 Å². The summed E-state index contributed by atoms with van der Waals surface area (Å²) >= 11 is 0. The van der Waals surface area contributed by atoms with Gasteiger partial charge < -0.3 is 21.3 Å². The van der Waals surface area contributed by atoms with Gasteiger partial charge in [0.1, 0.15) is 0 Å². The Kier molecular flexibility index (Phi) is 5.71. The number of nitrogens with one attached hydrogen (secondary N) is 4. The highest BCUT2D eigenvalue weighted by atomic mass is 15.2. The molecule has 4 atom stereocenters. The van der Waals surface area contributed by atoms with Crippen LogP contribution in [-0.2, 0) is 0 Å². The van der Waals surface area contributed by atoms with E-state index in [9.17, 15) is 0 Å². The second kappa shape index (κ2) is 7.74. The van der Waals surface area contributed by atoms with Crippen LogP contribution in [0, 0.1) is 0 Å². The predicted octanol–water partition coefficient (Wildman–Crippen LogP) is 1.33. The van der Waals surface area contributed by atoms with Gasteiger partial charge in [-0.05, 0) is 45.2 Å². The van der Waals surface area contributed by atoms with Gasteiger partial charge in [-0.25, -0.2) is 0 Å². The first kappa shape index (κ1) is 14.8. The predicted molar refractivity (Wildman–Crippen MR) is 83.8 cm³/mol. The Morgan fingerprint density at radius 2 is 0.900 bits per heavy atom. The van der Waals surface area contributed by atoms with Crippen LogP contribution in [0.25, 0.3) is 0 Å². The summed E-state index contributed by atoms with van der Waals surface area (Å²) in [6.07, 6.45) is 12.6. The van der Waals surface area contributed by atoms with Crippen molar-refractivity contribution in [2.45, 2.75) is 82.0 Å². The van der Waals surface area contributed by atoms with Crippen molar-refractivity contribution in [2.24, 2.45) is 0 Å². The molecule has 0 aromatic rings. The summed E-state index contributed by atoms with van der Waals surface area (Å²) in [7, 11) is 0. The summed E-state index contributed by atoms with van der Waals surface area (Å²) in [5, 5.41) is 14.1. The van der Waals surface area contributed by atoms with Crippen molar-refractivity contribution in [1.82, 2.24) is 21.3 Å². The van der Waals surface area contributed by atoms with Crippen LogP contribution in [-0.4, -0.2) is 43.9 Å². The molecular formula is C16H32N4. The van der Waals surface area contributed by atoms with Crippen LogP contribution in [0.1, 0.15) is 57.8 Å². The van der Waals surface area contributed by atoms with Crippen molar-refractivity contribution in [1.29, 1.82) is 0 Å². The Balaban J connectivity index is 0.000000170. The summed E-state index contributed by atoms with van der Waals surface area (Å²) in [5.41, 5.74) is 0. The van der Waals surface area contributed by atoms with E-state index in [1.807, 2.05) is 0 Å².